The SMILES string of the molecule is COC(=O)CNC(=O)NCc1nnc2cc(-c3nc(C)no3)ccn12. The largest absolute Gasteiger partial charge is 0.468 e. The summed E-state index contributed by atoms with van der Waals surface area (Å²) in [5.74, 6) is 0.924. The van der Waals surface area contributed by atoms with Gasteiger partial charge in [-0.05, 0) is 19.1 Å². The van der Waals surface area contributed by atoms with E-state index in [0.717, 1.165) is 5.56 Å². The average Bonchev–Trinajstić information content (AvgIpc) is 3.23. The molecule has 0 bridgehead atoms. The van der Waals surface area contributed by atoms with Crippen LogP contribution >= 0.6 is 0 Å². The van der Waals surface area contributed by atoms with E-state index in [1.165, 1.54) is 7.11 Å². The molecule has 11 nitrogen and oxygen atoms in total. The van der Waals surface area contributed by atoms with Crippen molar-refractivity contribution in [2.75, 3.05) is 13.7 Å². The van der Waals surface area contributed by atoms with Crippen LogP contribution < -0.4 is 10.6 Å². The standard InChI is InChI=1S/C14H15N7O4/c1-8-17-13(25-20-8)9-3-4-21-10(5-9)18-19-11(21)6-15-14(23)16-7-12(22)24-2/h3-5H,6-7H2,1-2H3,(H2,15,16,23). The number of hydrogen-bond acceptors (Lipinski definition) is 8. The molecule has 0 radical (unpaired) electrons. The number of ether oxygens (including phenoxy) is 1. The number of amides is 2. The van der Waals surface area contributed by atoms with Crippen LogP contribution in [0, 0.1) is 6.92 Å². The Morgan fingerprint density at radius 1 is 1.32 bits per heavy atom. The molecule has 0 saturated carbocycles. The minimum atomic E-state index is -0.535. The molecule has 0 atom stereocenters. The molecular weight excluding hydrogens is 330 g/mol. The first-order valence-corrected chi connectivity index (χ1v) is 7.29. The van der Waals surface area contributed by atoms with Gasteiger partial charge in [0.15, 0.2) is 17.3 Å². The molecule has 2 N–H and O–H groups in total. The fourth-order valence-electron chi connectivity index (χ4n) is 2.05. The van der Waals surface area contributed by atoms with Gasteiger partial charge in [0, 0.05) is 11.8 Å². The highest BCUT2D eigenvalue weighted by Gasteiger charge is 2.12. The van der Waals surface area contributed by atoms with Crippen molar-refractivity contribution in [3.8, 4) is 11.5 Å². The summed E-state index contributed by atoms with van der Waals surface area (Å²) >= 11 is 0. The van der Waals surface area contributed by atoms with Gasteiger partial charge in [-0.3, -0.25) is 9.20 Å². The van der Waals surface area contributed by atoms with Gasteiger partial charge in [-0.25, -0.2) is 4.79 Å². The normalized spacial score (nSPS) is 10.6. The Balaban J connectivity index is 1.67. The number of hydrogen-bond donors (Lipinski definition) is 2. The minimum Gasteiger partial charge on any atom is -0.468 e. The maximum absolute atomic E-state index is 11.6. The van der Waals surface area contributed by atoms with E-state index in [1.807, 2.05) is 0 Å². The number of fused-ring (bicyclic) bond motifs is 1. The summed E-state index contributed by atoms with van der Waals surface area (Å²) in [7, 11) is 1.24. The van der Waals surface area contributed by atoms with Crippen LogP contribution in [0.3, 0.4) is 0 Å². The van der Waals surface area contributed by atoms with Crippen molar-refractivity contribution in [1.29, 1.82) is 0 Å². The van der Waals surface area contributed by atoms with E-state index in [4.69, 9.17) is 4.52 Å². The van der Waals surface area contributed by atoms with Gasteiger partial charge >= 0.3 is 12.0 Å². The van der Waals surface area contributed by atoms with E-state index in [0.29, 0.717) is 23.2 Å². The lowest BCUT2D eigenvalue weighted by atomic mass is 10.2. The lowest BCUT2D eigenvalue weighted by Gasteiger charge is -2.06. The van der Waals surface area contributed by atoms with E-state index >= 15 is 0 Å². The summed E-state index contributed by atoms with van der Waals surface area (Å²) in [6.45, 7) is 1.65. The molecular formula is C14H15N7O4. The number of urea groups is 1. The zero-order valence-corrected chi connectivity index (χ0v) is 13.5. The smallest absolute Gasteiger partial charge is 0.325 e. The summed E-state index contributed by atoms with van der Waals surface area (Å²) in [6.07, 6.45) is 1.74. The quantitative estimate of drug-likeness (QED) is 0.619. The van der Waals surface area contributed by atoms with Crippen molar-refractivity contribution >= 4 is 17.6 Å². The van der Waals surface area contributed by atoms with Gasteiger partial charge in [-0.1, -0.05) is 5.16 Å². The molecule has 3 aromatic rings. The van der Waals surface area contributed by atoms with Crippen molar-refractivity contribution in [3.05, 3.63) is 30.0 Å². The molecule has 0 aromatic carbocycles. The number of pyridine rings is 1. The number of rotatable bonds is 5. The van der Waals surface area contributed by atoms with Gasteiger partial charge in [0.1, 0.15) is 6.54 Å². The highest BCUT2D eigenvalue weighted by Crippen LogP contribution is 2.18. The van der Waals surface area contributed by atoms with Crippen molar-refractivity contribution in [2.45, 2.75) is 13.5 Å². The maximum Gasteiger partial charge on any atom is 0.325 e. The van der Waals surface area contributed by atoms with Crippen LogP contribution in [0.4, 0.5) is 4.79 Å². The molecule has 2 amide bonds. The summed E-state index contributed by atoms with van der Waals surface area (Å²) in [5.41, 5.74) is 1.29. The lowest BCUT2D eigenvalue weighted by molar-refractivity contribution is -0.139. The second-order valence-corrected chi connectivity index (χ2v) is 5.02. The summed E-state index contributed by atoms with van der Waals surface area (Å²) in [6, 6.07) is 3.02. The molecule has 130 valence electrons. The monoisotopic (exact) mass is 345 g/mol. The van der Waals surface area contributed by atoms with Crippen LogP contribution in [0.15, 0.2) is 22.9 Å². The third-order valence-electron chi connectivity index (χ3n) is 3.28. The fraction of sp³-hybridized carbons (Fsp3) is 0.286. The summed E-state index contributed by atoms with van der Waals surface area (Å²) < 4.78 is 11.3. The zero-order valence-electron chi connectivity index (χ0n) is 13.5. The first kappa shape index (κ1) is 16.4. The molecule has 3 rings (SSSR count). The molecule has 25 heavy (non-hydrogen) atoms. The Kier molecular flexibility index (Phi) is 4.55. The highest BCUT2D eigenvalue weighted by atomic mass is 16.5. The molecule has 3 heterocycles. The predicted octanol–water partition coefficient (Wildman–Crippen LogP) is 0.0599. The van der Waals surface area contributed by atoms with E-state index in [2.05, 4.69) is 35.7 Å². The van der Waals surface area contributed by atoms with Gasteiger partial charge < -0.3 is 19.9 Å². The molecule has 11 heteroatoms. The maximum atomic E-state index is 11.6. The number of aryl methyl sites for hydroxylation is 1. The average molecular weight is 345 g/mol. The van der Waals surface area contributed by atoms with Gasteiger partial charge in [0.05, 0.1) is 13.7 Å². The Morgan fingerprint density at radius 2 is 2.16 bits per heavy atom. The number of carbonyl (C=O) groups is 2. The Morgan fingerprint density at radius 3 is 2.88 bits per heavy atom. The first-order chi connectivity index (χ1) is 12.1. The Labute approximate surface area is 141 Å². The van der Waals surface area contributed by atoms with Crippen molar-refractivity contribution in [2.24, 2.45) is 0 Å². The molecule has 0 saturated heterocycles. The summed E-state index contributed by atoms with van der Waals surface area (Å²) in [4.78, 5) is 26.7. The second kappa shape index (κ2) is 6.95. The molecule has 0 unspecified atom stereocenters. The lowest BCUT2D eigenvalue weighted by Crippen LogP contribution is -2.38. The van der Waals surface area contributed by atoms with Crippen LogP contribution in [0.25, 0.3) is 17.1 Å². The van der Waals surface area contributed by atoms with E-state index in [1.54, 1.807) is 29.7 Å². The predicted molar refractivity (Wildman–Crippen MR) is 83.3 cm³/mol. The van der Waals surface area contributed by atoms with Crippen molar-refractivity contribution in [1.82, 2.24) is 35.4 Å². The Hall–Kier alpha value is -3.50. The molecule has 0 spiro atoms. The topological polar surface area (TPSA) is 137 Å². The third-order valence-corrected chi connectivity index (χ3v) is 3.28. The number of nitrogens with zero attached hydrogens (tertiary/aromatic N) is 5. The fourth-order valence-corrected chi connectivity index (χ4v) is 2.05. The molecule has 0 aliphatic carbocycles. The van der Waals surface area contributed by atoms with E-state index in [9.17, 15) is 9.59 Å². The van der Waals surface area contributed by atoms with Gasteiger partial charge in [0.2, 0.25) is 0 Å². The van der Waals surface area contributed by atoms with Crippen LogP contribution in [-0.2, 0) is 16.1 Å². The van der Waals surface area contributed by atoms with Gasteiger partial charge in [-0.2, -0.15) is 4.98 Å². The van der Waals surface area contributed by atoms with Gasteiger partial charge in [-0.15, -0.1) is 10.2 Å². The van der Waals surface area contributed by atoms with Crippen LogP contribution in [0.1, 0.15) is 11.6 Å². The molecule has 3 aromatic heterocycles. The molecule has 0 aliphatic rings. The zero-order chi connectivity index (χ0) is 17.8. The van der Waals surface area contributed by atoms with E-state index in [-0.39, 0.29) is 13.1 Å². The third kappa shape index (κ3) is 3.71. The first-order valence-electron chi connectivity index (χ1n) is 7.29. The minimum absolute atomic E-state index is 0.132. The van der Waals surface area contributed by atoms with Crippen LogP contribution in [0.5, 0.6) is 0 Å². The van der Waals surface area contributed by atoms with Crippen LogP contribution in [-0.4, -0.2) is 50.4 Å². The summed E-state index contributed by atoms with van der Waals surface area (Å²) in [5, 5.41) is 16.8. The van der Waals surface area contributed by atoms with Gasteiger partial charge in [0.25, 0.3) is 5.89 Å². The Bertz CT molecular complexity index is 917. The number of methoxy groups -OCH3 is 1. The van der Waals surface area contributed by atoms with E-state index < -0.39 is 12.0 Å². The second-order valence-electron chi connectivity index (χ2n) is 5.02. The highest BCUT2D eigenvalue weighted by molar-refractivity contribution is 5.80. The van der Waals surface area contributed by atoms with Crippen LogP contribution in [0.2, 0.25) is 0 Å². The molecule has 0 fully saturated rings. The van der Waals surface area contributed by atoms with Crippen molar-refractivity contribution in [3.63, 3.8) is 0 Å². The molecule has 0 aliphatic heterocycles. The number of nitrogens with one attached hydrogen (secondary N) is 2. The number of aromatic nitrogens is 5. The number of esters is 1. The van der Waals surface area contributed by atoms with Crippen molar-refractivity contribution < 1.29 is 18.8 Å². The number of carbonyl (C=O) groups excluding carboxylic acids is 2.